The zero-order valence-corrected chi connectivity index (χ0v) is 9.35. The van der Waals surface area contributed by atoms with E-state index in [2.05, 4.69) is 44.8 Å². The monoisotopic (exact) mass is 191 g/mol. The highest BCUT2D eigenvalue weighted by atomic mass is 14.9. The Morgan fingerprint density at radius 2 is 2.29 bits per heavy atom. The van der Waals surface area contributed by atoms with Gasteiger partial charge in [-0.1, -0.05) is 24.8 Å². The lowest BCUT2D eigenvalue weighted by molar-refractivity contribution is 0.810. The fraction of sp³-hybridized carbons (Fsp3) is 0.385. The van der Waals surface area contributed by atoms with E-state index in [1.54, 1.807) is 0 Å². The van der Waals surface area contributed by atoms with E-state index in [1.807, 2.05) is 6.08 Å². The summed E-state index contributed by atoms with van der Waals surface area (Å²) in [5, 5.41) is 3.46. The Labute approximate surface area is 88.4 Å². The van der Waals surface area contributed by atoms with Gasteiger partial charge in [-0.15, -0.1) is 0 Å². The van der Waals surface area contributed by atoms with Gasteiger partial charge >= 0.3 is 0 Å². The molecule has 1 heteroatoms. The smallest absolute Gasteiger partial charge is 0.0402 e. The van der Waals surface area contributed by atoms with Gasteiger partial charge in [0.25, 0.3) is 0 Å². The topological polar surface area (TPSA) is 12.0 Å². The first-order chi connectivity index (χ1) is 6.66. The minimum absolute atomic E-state index is 0. The highest BCUT2D eigenvalue weighted by Gasteiger charge is 2.06. The summed E-state index contributed by atoms with van der Waals surface area (Å²) in [6.45, 7) is 11.2. The van der Waals surface area contributed by atoms with Crippen molar-refractivity contribution in [2.24, 2.45) is 0 Å². The first kappa shape index (κ1) is 10.8. The van der Waals surface area contributed by atoms with Crippen LogP contribution in [0.25, 0.3) is 0 Å². The molecule has 0 amide bonds. The van der Waals surface area contributed by atoms with E-state index in [1.165, 1.54) is 22.4 Å². The van der Waals surface area contributed by atoms with Crippen molar-refractivity contribution in [3.05, 3.63) is 47.2 Å². The first-order valence-electron chi connectivity index (χ1n) is 5.08. The van der Waals surface area contributed by atoms with Gasteiger partial charge in [0, 0.05) is 13.7 Å². The Bertz CT molecular complexity index is 321. The van der Waals surface area contributed by atoms with Crippen LogP contribution in [0.4, 0.5) is 0 Å². The van der Waals surface area contributed by atoms with E-state index in [-0.39, 0.29) is 1.43 Å². The molecule has 0 aromatic carbocycles. The van der Waals surface area contributed by atoms with E-state index in [9.17, 15) is 0 Å². The molecule has 0 atom stereocenters. The fourth-order valence-electron chi connectivity index (χ4n) is 1.54. The minimum atomic E-state index is 0. The van der Waals surface area contributed by atoms with Gasteiger partial charge in [-0.2, -0.15) is 0 Å². The van der Waals surface area contributed by atoms with Crippen LogP contribution in [-0.4, -0.2) is 6.54 Å². The molecule has 1 N–H and O–H groups in total. The molecular formula is C13H21N. The van der Waals surface area contributed by atoms with Crippen LogP contribution >= 0.6 is 0 Å². The maximum Gasteiger partial charge on any atom is 0.0402 e. The van der Waals surface area contributed by atoms with Crippen molar-refractivity contribution < 1.29 is 1.43 Å². The number of hydrogen-bond donors (Lipinski definition) is 1. The summed E-state index contributed by atoms with van der Waals surface area (Å²) in [5.41, 5.74) is 5.10. The zero-order chi connectivity index (χ0) is 10.6. The number of rotatable bonds is 2. The van der Waals surface area contributed by atoms with Crippen molar-refractivity contribution in [3.8, 4) is 0 Å². The van der Waals surface area contributed by atoms with E-state index in [4.69, 9.17) is 0 Å². The van der Waals surface area contributed by atoms with Gasteiger partial charge < -0.3 is 5.32 Å². The molecule has 0 bridgehead atoms. The number of allylic oxidation sites excluding steroid dienone is 5. The van der Waals surface area contributed by atoms with Gasteiger partial charge in [0.15, 0.2) is 0 Å². The molecule has 1 aliphatic heterocycles. The van der Waals surface area contributed by atoms with E-state index in [0.717, 1.165) is 13.0 Å². The molecular weight excluding hydrogens is 170 g/mol. The summed E-state index contributed by atoms with van der Waals surface area (Å²) < 4.78 is 0. The van der Waals surface area contributed by atoms with Crippen molar-refractivity contribution in [1.29, 1.82) is 0 Å². The molecule has 1 nitrogen and oxygen atoms in total. The Kier molecular flexibility index (Phi) is 3.75. The Hall–Kier alpha value is -1.24. The van der Waals surface area contributed by atoms with Crippen molar-refractivity contribution in [2.45, 2.75) is 27.2 Å². The molecule has 0 aromatic rings. The molecule has 78 valence electrons. The highest BCUT2D eigenvalue weighted by molar-refractivity contribution is 5.42. The second-order valence-electron chi connectivity index (χ2n) is 3.69. The standard InChI is InChI=1S/C13H19N.H2/c1-5-10(2)12(4)13-11(3)8-6-7-9-14-13;/h5-6,8,14H,1,7,9H2,2-4H3;1H/b12-10-;. The summed E-state index contributed by atoms with van der Waals surface area (Å²) in [4.78, 5) is 0. The molecule has 1 aliphatic rings. The normalized spacial score (nSPS) is 18.5. The van der Waals surface area contributed by atoms with Gasteiger partial charge in [-0.05, 0) is 43.9 Å². The van der Waals surface area contributed by atoms with E-state index < -0.39 is 0 Å². The second kappa shape index (κ2) is 4.85. The average Bonchev–Trinajstić information content (AvgIpc) is 2.40. The first-order valence-corrected chi connectivity index (χ1v) is 5.08. The molecule has 0 unspecified atom stereocenters. The van der Waals surface area contributed by atoms with Crippen molar-refractivity contribution in [1.82, 2.24) is 5.32 Å². The lowest BCUT2D eigenvalue weighted by Gasteiger charge is -2.13. The Morgan fingerprint density at radius 1 is 1.57 bits per heavy atom. The van der Waals surface area contributed by atoms with Crippen LogP contribution in [0, 0.1) is 0 Å². The van der Waals surface area contributed by atoms with Crippen LogP contribution in [0.5, 0.6) is 0 Å². The van der Waals surface area contributed by atoms with Crippen LogP contribution in [0.3, 0.4) is 0 Å². The van der Waals surface area contributed by atoms with Crippen LogP contribution in [0.2, 0.25) is 0 Å². The van der Waals surface area contributed by atoms with Crippen LogP contribution < -0.4 is 5.32 Å². The SMILES string of the molecule is C=C/C(C)=C(/C)C1=C(C)C=CCCN1.[HH]. The molecule has 0 saturated heterocycles. The molecule has 0 spiro atoms. The van der Waals surface area contributed by atoms with E-state index >= 15 is 0 Å². The zero-order valence-electron chi connectivity index (χ0n) is 9.35. The van der Waals surface area contributed by atoms with Crippen molar-refractivity contribution >= 4 is 0 Å². The summed E-state index contributed by atoms with van der Waals surface area (Å²) in [6, 6.07) is 0. The lowest BCUT2D eigenvalue weighted by atomic mass is 10.0. The molecule has 1 rings (SSSR count). The summed E-state index contributed by atoms with van der Waals surface area (Å²) in [5.74, 6) is 0. The second-order valence-corrected chi connectivity index (χ2v) is 3.69. The summed E-state index contributed by atoms with van der Waals surface area (Å²) >= 11 is 0. The largest absolute Gasteiger partial charge is 0.384 e. The van der Waals surface area contributed by atoms with Crippen LogP contribution in [0.15, 0.2) is 47.2 Å². The summed E-state index contributed by atoms with van der Waals surface area (Å²) in [6.07, 6.45) is 7.41. The lowest BCUT2D eigenvalue weighted by Crippen LogP contribution is -2.15. The van der Waals surface area contributed by atoms with Gasteiger partial charge in [-0.25, -0.2) is 0 Å². The molecule has 1 heterocycles. The molecule has 0 radical (unpaired) electrons. The predicted molar refractivity (Wildman–Crippen MR) is 65.1 cm³/mol. The van der Waals surface area contributed by atoms with Crippen LogP contribution in [0.1, 0.15) is 28.6 Å². The van der Waals surface area contributed by atoms with E-state index in [0.29, 0.717) is 0 Å². The molecule has 14 heavy (non-hydrogen) atoms. The molecule has 0 fully saturated rings. The Morgan fingerprint density at radius 3 is 2.93 bits per heavy atom. The molecule has 0 saturated carbocycles. The maximum absolute atomic E-state index is 3.80. The third-order valence-electron chi connectivity index (χ3n) is 2.65. The molecule has 0 aromatic heterocycles. The fourth-order valence-corrected chi connectivity index (χ4v) is 1.54. The van der Waals surface area contributed by atoms with Gasteiger partial charge in [0.1, 0.15) is 0 Å². The van der Waals surface area contributed by atoms with Gasteiger partial charge in [-0.3, -0.25) is 0 Å². The minimum Gasteiger partial charge on any atom is -0.384 e. The van der Waals surface area contributed by atoms with Crippen molar-refractivity contribution in [2.75, 3.05) is 6.54 Å². The third-order valence-corrected chi connectivity index (χ3v) is 2.65. The highest BCUT2D eigenvalue weighted by Crippen LogP contribution is 2.18. The number of nitrogens with one attached hydrogen (secondary N) is 1. The maximum atomic E-state index is 3.80. The van der Waals surface area contributed by atoms with Crippen LogP contribution in [-0.2, 0) is 0 Å². The quantitative estimate of drug-likeness (QED) is 0.658. The third kappa shape index (κ3) is 2.38. The van der Waals surface area contributed by atoms with Gasteiger partial charge in [0.2, 0.25) is 0 Å². The summed E-state index contributed by atoms with van der Waals surface area (Å²) in [7, 11) is 0. The van der Waals surface area contributed by atoms with Gasteiger partial charge in [0.05, 0.1) is 0 Å². The predicted octanol–water partition coefficient (Wildman–Crippen LogP) is 3.58. The molecule has 0 aliphatic carbocycles. The van der Waals surface area contributed by atoms with Crippen molar-refractivity contribution in [3.63, 3.8) is 0 Å². The average molecular weight is 191 g/mol. The Balaban J connectivity index is 0.00000196. The number of hydrogen-bond acceptors (Lipinski definition) is 1.